The van der Waals surface area contributed by atoms with E-state index in [1.165, 1.54) is 15.6 Å². The summed E-state index contributed by atoms with van der Waals surface area (Å²) in [5.41, 5.74) is 7.26. The molecule has 0 fully saturated rings. The Morgan fingerprint density at radius 1 is 1.28 bits per heavy atom. The zero-order valence-electron chi connectivity index (χ0n) is 11.4. The van der Waals surface area contributed by atoms with Gasteiger partial charge in [0, 0.05) is 16.8 Å². The van der Waals surface area contributed by atoms with Gasteiger partial charge in [0.25, 0.3) is 0 Å². The monoisotopic (exact) mass is 262 g/mol. The smallest absolute Gasteiger partial charge is 0.0346 e. The number of hydrogen-bond acceptors (Lipinski definition) is 3. The van der Waals surface area contributed by atoms with Gasteiger partial charge in [0.05, 0.1) is 0 Å². The standard InChI is InChI=1S/C15H22N2S/c1-15(2,8-9-16)17(3)10-12-11-18-14-7-5-4-6-13(12)14/h4-7,11H,8-10,16H2,1-3H3. The van der Waals surface area contributed by atoms with E-state index in [1.807, 2.05) is 11.3 Å². The molecule has 3 heteroatoms. The van der Waals surface area contributed by atoms with Gasteiger partial charge < -0.3 is 5.73 Å². The van der Waals surface area contributed by atoms with Crippen LogP contribution >= 0.6 is 11.3 Å². The fourth-order valence-electron chi connectivity index (χ4n) is 2.17. The van der Waals surface area contributed by atoms with Crippen LogP contribution in [0.5, 0.6) is 0 Å². The van der Waals surface area contributed by atoms with Crippen LogP contribution in [0.4, 0.5) is 0 Å². The van der Waals surface area contributed by atoms with E-state index >= 15 is 0 Å². The minimum Gasteiger partial charge on any atom is -0.330 e. The first-order valence-corrected chi connectivity index (χ1v) is 7.29. The first kappa shape index (κ1) is 13.5. The highest BCUT2D eigenvalue weighted by Crippen LogP contribution is 2.28. The number of hydrogen-bond donors (Lipinski definition) is 1. The summed E-state index contributed by atoms with van der Waals surface area (Å²) in [6, 6.07) is 8.62. The third-order valence-corrected chi connectivity index (χ3v) is 4.77. The number of nitrogens with zero attached hydrogens (tertiary/aromatic N) is 1. The Morgan fingerprint density at radius 2 is 2.00 bits per heavy atom. The first-order valence-electron chi connectivity index (χ1n) is 6.41. The van der Waals surface area contributed by atoms with Crippen LogP contribution in [0.3, 0.4) is 0 Å². The summed E-state index contributed by atoms with van der Waals surface area (Å²) in [6.45, 7) is 6.24. The number of rotatable bonds is 5. The molecule has 1 aromatic heterocycles. The molecule has 0 spiro atoms. The topological polar surface area (TPSA) is 29.3 Å². The van der Waals surface area contributed by atoms with Crippen molar-refractivity contribution < 1.29 is 0 Å². The van der Waals surface area contributed by atoms with Crippen molar-refractivity contribution in [2.45, 2.75) is 32.4 Å². The molecule has 1 heterocycles. The maximum atomic E-state index is 5.69. The lowest BCUT2D eigenvalue weighted by Crippen LogP contribution is -2.42. The predicted octanol–water partition coefficient (Wildman–Crippen LogP) is 3.46. The number of benzene rings is 1. The van der Waals surface area contributed by atoms with Crippen LogP contribution in [-0.2, 0) is 6.54 Å². The van der Waals surface area contributed by atoms with E-state index in [2.05, 4.69) is 55.4 Å². The molecule has 98 valence electrons. The fourth-order valence-corrected chi connectivity index (χ4v) is 3.12. The average molecular weight is 262 g/mol. The van der Waals surface area contributed by atoms with Gasteiger partial charge in [-0.05, 0) is 56.3 Å². The van der Waals surface area contributed by atoms with E-state index in [9.17, 15) is 0 Å². The van der Waals surface area contributed by atoms with Gasteiger partial charge in [-0.1, -0.05) is 18.2 Å². The first-order chi connectivity index (χ1) is 8.54. The lowest BCUT2D eigenvalue weighted by atomic mass is 9.98. The van der Waals surface area contributed by atoms with Gasteiger partial charge in [-0.3, -0.25) is 4.90 Å². The second kappa shape index (κ2) is 5.39. The molecule has 0 aliphatic rings. The van der Waals surface area contributed by atoms with Crippen LogP contribution in [0, 0.1) is 0 Å². The van der Waals surface area contributed by atoms with Crippen molar-refractivity contribution in [3.63, 3.8) is 0 Å². The van der Waals surface area contributed by atoms with Gasteiger partial charge in [0.1, 0.15) is 0 Å². The second-order valence-corrected chi connectivity index (χ2v) is 6.38. The Balaban J connectivity index is 2.19. The normalized spacial score (nSPS) is 12.5. The molecule has 0 aliphatic heterocycles. The quantitative estimate of drug-likeness (QED) is 0.894. The van der Waals surface area contributed by atoms with Crippen LogP contribution in [0.15, 0.2) is 29.6 Å². The van der Waals surface area contributed by atoms with Crippen LogP contribution in [0.25, 0.3) is 10.1 Å². The van der Waals surface area contributed by atoms with Gasteiger partial charge in [0.15, 0.2) is 0 Å². The molecule has 2 rings (SSSR count). The summed E-state index contributed by atoms with van der Waals surface area (Å²) in [7, 11) is 2.18. The average Bonchev–Trinajstić information content (AvgIpc) is 2.73. The molecule has 0 atom stereocenters. The van der Waals surface area contributed by atoms with Gasteiger partial charge >= 0.3 is 0 Å². The van der Waals surface area contributed by atoms with E-state index in [0.29, 0.717) is 0 Å². The highest BCUT2D eigenvalue weighted by atomic mass is 32.1. The number of nitrogens with two attached hydrogens (primary N) is 1. The molecule has 18 heavy (non-hydrogen) atoms. The zero-order valence-corrected chi connectivity index (χ0v) is 12.3. The summed E-state index contributed by atoms with van der Waals surface area (Å²) in [5, 5.41) is 3.66. The lowest BCUT2D eigenvalue weighted by molar-refractivity contribution is 0.140. The molecule has 0 saturated carbocycles. The maximum absolute atomic E-state index is 5.69. The zero-order chi connectivity index (χ0) is 13.2. The molecule has 2 aromatic rings. The summed E-state index contributed by atoms with van der Waals surface area (Å²) < 4.78 is 1.37. The van der Waals surface area contributed by atoms with E-state index in [4.69, 9.17) is 5.73 Å². The minimum absolute atomic E-state index is 0.151. The molecular formula is C15H22N2S. The highest BCUT2D eigenvalue weighted by molar-refractivity contribution is 7.17. The molecule has 0 unspecified atom stereocenters. The third-order valence-electron chi connectivity index (χ3n) is 3.76. The van der Waals surface area contributed by atoms with Crippen LogP contribution < -0.4 is 5.73 Å². The van der Waals surface area contributed by atoms with Gasteiger partial charge in [-0.15, -0.1) is 11.3 Å². The molecule has 0 amide bonds. The highest BCUT2D eigenvalue weighted by Gasteiger charge is 2.23. The molecule has 2 nitrogen and oxygen atoms in total. The van der Waals surface area contributed by atoms with Crippen molar-refractivity contribution in [3.8, 4) is 0 Å². The SMILES string of the molecule is CN(Cc1csc2ccccc12)C(C)(C)CCN. The van der Waals surface area contributed by atoms with Crippen molar-refractivity contribution in [2.75, 3.05) is 13.6 Å². The Bertz CT molecular complexity index is 516. The van der Waals surface area contributed by atoms with Crippen molar-refractivity contribution in [3.05, 3.63) is 35.2 Å². The van der Waals surface area contributed by atoms with E-state index in [-0.39, 0.29) is 5.54 Å². The second-order valence-electron chi connectivity index (χ2n) is 5.46. The Morgan fingerprint density at radius 3 is 2.72 bits per heavy atom. The molecular weight excluding hydrogens is 240 g/mol. The Kier molecular flexibility index (Phi) is 4.05. The molecule has 0 bridgehead atoms. The summed E-state index contributed by atoms with van der Waals surface area (Å²) in [4.78, 5) is 2.40. The van der Waals surface area contributed by atoms with Crippen molar-refractivity contribution in [2.24, 2.45) is 5.73 Å². The Hall–Kier alpha value is -0.900. The van der Waals surface area contributed by atoms with E-state index in [0.717, 1.165) is 19.5 Å². The predicted molar refractivity (Wildman–Crippen MR) is 81.0 cm³/mol. The molecule has 0 aliphatic carbocycles. The third kappa shape index (κ3) is 2.74. The van der Waals surface area contributed by atoms with Crippen LogP contribution in [0.1, 0.15) is 25.8 Å². The molecule has 1 aromatic carbocycles. The fraction of sp³-hybridized carbons (Fsp3) is 0.467. The van der Waals surface area contributed by atoms with Gasteiger partial charge in [0.2, 0.25) is 0 Å². The van der Waals surface area contributed by atoms with Gasteiger partial charge in [-0.2, -0.15) is 0 Å². The number of fused-ring (bicyclic) bond motifs is 1. The van der Waals surface area contributed by atoms with Crippen molar-refractivity contribution in [1.82, 2.24) is 4.90 Å². The van der Waals surface area contributed by atoms with Crippen molar-refractivity contribution >= 4 is 21.4 Å². The van der Waals surface area contributed by atoms with Crippen LogP contribution in [-0.4, -0.2) is 24.0 Å². The van der Waals surface area contributed by atoms with E-state index < -0.39 is 0 Å². The van der Waals surface area contributed by atoms with E-state index in [1.54, 1.807) is 0 Å². The number of thiophene rings is 1. The van der Waals surface area contributed by atoms with Crippen molar-refractivity contribution in [1.29, 1.82) is 0 Å². The summed E-state index contributed by atoms with van der Waals surface area (Å²) in [5.74, 6) is 0. The Labute approximate surface area is 113 Å². The molecule has 0 radical (unpaired) electrons. The minimum atomic E-state index is 0.151. The van der Waals surface area contributed by atoms with Gasteiger partial charge in [-0.25, -0.2) is 0 Å². The molecule has 0 saturated heterocycles. The summed E-state index contributed by atoms with van der Waals surface area (Å²) in [6.07, 6.45) is 1.02. The summed E-state index contributed by atoms with van der Waals surface area (Å²) >= 11 is 1.83. The largest absolute Gasteiger partial charge is 0.330 e. The maximum Gasteiger partial charge on any atom is 0.0346 e. The van der Waals surface area contributed by atoms with Crippen LogP contribution in [0.2, 0.25) is 0 Å². The lowest BCUT2D eigenvalue weighted by Gasteiger charge is -2.35. The molecule has 2 N–H and O–H groups in total.